The number of halogens is 1. The summed E-state index contributed by atoms with van der Waals surface area (Å²) in [4.78, 5) is 13.2. The van der Waals surface area contributed by atoms with Gasteiger partial charge >= 0.3 is 0 Å². The van der Waals surface area contributed by atoms with Crippen LogP contribution in [0.25, 0.3) is 0 Å². The molecule has 0 saturated heterocycles. The number of carbonyl (C=O) groups is 1. The Hall–Kier alpha value is -2.10. The molecular weight excluding hydrogens is 460 g/mol. The first-order chi connectivity index (χ1) is 14.3. The Kier molecular flexibility index (Phi) is 7.78. The maximum Gasteiger partial charge on any atom is 0.244 e. The molecule has 0 radical (unpaired) electrons. The standard InChI is InChI=1S/C21H27ClN2O5S2/c1-6-20(24(31(5,28)29)17-10-7-14(2)19(22)13-17)21(25)23-15(3)16-8-11-18(12-9-16)30(4,26)27/h7-13,15,20H,6H2,1-5H3,(H,23,25). The third-order valence-electron chi connectivity index (χ3n) is 4.91. The zero-order valence-electron chi connectivity index (χ0n) is 18.1. The van der Waals surface area contributed by atoms with Gasteiger partial charge in [0.2, 0.25) is 15.9 Å². The van der Waals surface area contributed by atoms with Gasteiger partial charge in [-0.15, -0.1) is 0 Å². The number of anilines is 1. The van der Waals surface area contributed by atoms with E-state index in [-0.39, 0.29) is 11.3 Å². The molecule has 0 saturated carbocycles. The van der Waals surface area contributed by atoms with Crippen LogP contribution in [0.4, 0.5) is 5.69 Å². The van der Waals surface area contributed by atoms with Crippen molar-refractivity contribution in [2.24, 2.45) is 0 Å². The summed E-state index contributed by atoms with van der Waals surface area (Å²) >= 11 is 6.18. The number of benzene rings is 2. The Morgan fingerprint density at radius 1 is 1.06 bits per heavy atom. The summed E-state index contributed by atoms with van der Waals surface area (Å²) < 4.78 is 49.5. The molecule has 0 aliphatic heterocycles. The number of nitrogens with one attached hydrogen (secondary N) is 1. The van der Waals surface area contributed by atoms with Crippen LogP contribution in [0.5, 0.6) is 0 Å². The van der Waals surface area contributed by atoms with Crippen LogP contribution in [0.1, 0.15) is 37.4 Å². The number of rotatable bonds is 8. The summed E-state index contributed by atoms with van der Waals surface area (Å²) in [7, 11) is -7.10. The van der Waals surface area contributed by atoms with Crippen molar-refractivity contribution in [1.29, 1.82) is 0 Å². The molecule has 2 unspecified atom stereocenters. The van der Waals surface area contributed by atoms with Gasteiger partial charge in [-0.05, 0) is 55.7 Å². The second kappa shape index (κ2) is 9.58. The van der Waals surface area contributed by atoms with E-state index in [9.17, 15) is 21.6 Å². The molecule has 0 spiro atoms. The first-order valence-electron chi connectivity index (χ1n) is 9.61. The molecule has 2 aromatic carbocycles. The van der Waals surface area contributed by atoms with Crippen LogP contribution in [0.3, 0.4) is 0 Å². The third-order valence-corrected chi connectivity index (χ3v) is 7.62. The number of hydrogen-bond donors (Lipinski definition) is 1. The number of carbonyl (C=O) groups excluding carboxylic acids is 1. The van der Waals surface area contributed by atoms with Crippen LogP contribution in [-0.2, 0) is 24.7 Å². The maximum absolute atomic E-state index is 13.1. The topological polar surface area (TPSA) is 101 Å². The largest absolute Gasteiger partial charge is 0.348 e. The van der Waals surface area contributed by atoms with Gasteiger partial charge in [0.1, 0.15) is 6.04 Å². The van der Waals surface area contributed by atoms with E-state index in [0.717, 1.165) is 22.4 Å². The molecular formula is C21H27ClN2O5S2. The highest BCUT2D eigenvalue weighted by Crippen LogP contribution is 2.28. The Morgan fingerprint density at radius 3 is 2.10 bits per heavy atom. The highest BCUT2D eigenvalue weighted by Gasteiger charge is 2.32. The summed E-state index contributed by atoms with van der Waals surface area (Å²) in [5.74, 6) is -0.468. The quantitative estimate of drug-likeness (QED) is 0.615. The van der Waals surface area contributed by atoms with Crippen LogP contribution < -0.4 is 9.62 Å². The van der Waals surface area contributed by atoms with Gasteiger partial charge in [0.05, 0.1) is 22.9 Å². The van der Waals surface area contributed by atoms with Crippen molar-refractivity contribution < 1.29 is 21.6 Å². The van der Waals surface area contributed by atoms with Crippen molar-refractivity contribution in [3.05, 3.63) is 58.6 Å². The zero-order chi connectivity index (χ0) is 23.6. The van der Waals surface area contributed by atoms with E-state index in [1.807, 2.05) is 0 Å². The van der Waals surface area contributed by atoms with Gasteiger partial charge in [-0.2, -0.15) is 0 Å². The zero-order valence-corrected chi connectivity index (χ0v) is 20.5. The SMILES string of the molecule is CCC(C(=O)NC(C)c1ccc(S(C)(=O)=O)cc1)N(c1ccc(C)c(Cl)c1)S(C)(=O)=O. The van der Waals surface area contributed by atoms with Gasteiger partial charge in [-0.3, -0.25) is 9.10 Å². The molecule has 0 fully saturated rings. The van der Waals surface area contributed by atoms with E-state index in [4.69, 9.17) is 11.6 Å². The third kappa shape index (κ3) is 6.21. The Morgan fingerprint density at radius 2 is 1.65 bits per heavy atom. The fourth-order valence-electron chi connectivity index (χ4n) is 3.18. The average molecular weight is 487 g/mol. The fraction of sp³-hybridized carbons (Fsp3) is 0.381. The molecule has 170 valence electrons. The minimum atomic E-state index is -3.78. The van der Waals surface area contributed by atoms with Crippen molar-refractivity contribution in [2.75, 3.05) is 16.8 Å². The normalized spacial score (nSPS) is 14.0. The highest BCUT2D eigenvalue weighted by atomic mass is 35.5. The number of sulfonamides is 1. The van der Waals surface area contributed by atoms with Crippen LogP contribution in [0.2, 0.25) is 5.02 Å². The lowest BCUT2D eigenvalue weighted by molar-refractivity contribution is -0.122. The van der Waals surface area contributed by atoms with Crippen molar-refractivity contribution >= 4 is 43.1 Å². The van der Waals surface area contributed by atoms with Gasteiger partial charge in [0.15, 0.2) is 9.84 Å². The van der Waals surface area contributed by atoms with Crippen molar-refractivity contribution in [2.45, 2.75) is 44.2 Å². The molecule has 0 heterocycles. The summed E-state index contributed by atoms with van der Waals surface area (Å²) in [6, 6.07) is 9.60. The Labute approximate surface area is 189 Å². The predicted molar refractivity (Wildman–Crippen MR) is 124 cm³/mol. The van der Waals surface area contributed by atoms with Crippen molar-refractivity contribution in [1.82, 2.24) is 5.32 Å². The fourth-order valence-corrected chi connectivity index (χ4v) is 5.18. The monoisotopic (exact) mass is 486 g/mol. The molecule has 2 rings (SSSR count). The molecule has 31 heavy (non-hydrogen) atoms. The Bertz CT molecular complexity index is 1160. The first kappa shape index (κ1) is 25.2. The second-order valence-corrected chi connectivity index (χ2v) is 11.8. The van der Waals surface area contributed by atoms with E-state index in [2.05, 4.69) is 5.32 Å². The minimum Gasteiger partial charge on any atom is -0.348 e. The minimum absolute atomic E-state index is 0.181. The number of nitrogens with zero attached hydrogens (tertiary/aromatic N) is 1. The number of amides is 1. The molecule has 0 aromatic heterocycles. The molecule has 0 aliphatic carbocycles. The molecule has 1 amide bonds. The van der Waals surface area contributed by atoms with Crippen LogP contribution in [-0.4, -0.2) is 41.3 Å². The molecule has 0 bridgehead atoms. The summed E-state index contributed by atoms with van der Waals surface area (Å²) in [6.45, 7) is 5.27. The maximum atomic E-state index is 13.1. The molecule has 7 nitrogen and oxygen atoms in total. The van der Waals surface area contributed by atoms with Gasteiger partial charge < -0.3 is 5.32 Å². The predicted octanol–water partition coefficient (Wildman–Crippen LogP) is 3.47. The Balaban J connectivity index is 2.32. The summed E-state index contributed by atoms with van der Waals surface area (Å²) in [5, 5.41) is 3.23. The van der Waals surface area contributed by atoms with Gasteiger partial charge in [0.25, 0.3) is 0 Å². The van der Waals surface area contributed by atoms with Crippen molar-refractivity contribution in [3.8, 4) is 0 Å². The molecule has 10 heteroatoms. The van der Waals surface area contributed by atoms with Crippen LogP contribution in [0.15, 0.2) is 47.4 Å². The summed E-state index contributed by atoms with van der Waals surface area (Å²) in [6.07, 6.45) is 2.41. The van der Waals surface area contributed by atoms with Gasteiger partial charge in [-0.1, -0.05) is 36.7 Å². The lowest BCUT2D eigenvalue weighted by Gasteiger charge is -2.31. The lowest BCUT2D eigenvalue weighted by atomic mass is 10.1. The smallest absolute Gasteiger partial charge is 0.244 e. The second-order valence-electron chi connectivity index (χ2n) is 7.49. The first-order valence-corrected chi connectivity index (χ1v) is 13.7. The van der Waals surface area contributed by atoms with Crippen LogP contribution >= 0.6 is 11.6 Å². The van der Waals surface area contributed by atoms with E-state index in [1.54, 1.807) is 45.0 Å². The van der Waals surface area contributed by atoms with Crippen LogP contribution in [0, 0.1) is 6.92 Å². The van der Waals surface area contributed by atoms with E-state index >= 15 is 0 Å². The molecule has 2 atom stereocenters. The van der Waals surface area contributed by atoms with Crippen molar-refractivity contribution in [3.63, 3.8) is 0 Å². The molecule has 2 aromatic rings. The summed E-state index contributed by atoms with van der Waals surface area (Å²) in [5.41, 5.74) is 1.80. The highest BCUT2D eigenvalue weighted by molar-refractivity contribution is 7.92. The van der Waals surface area contributed by atoms with E-state index in [0.29, 0.717) is 16.3 Å². The number of sulfone groups is 1. The molecule has 1 N–H and O–H groups in total. The van der Waals surface area contributed by atoms with Gasteiger partial charge in [-0.25, -0.2) is 16.8 Å². The number of hydrogen-bond acceptors (Lipinski definition) is 5. The average Bonchev–Trinajstić information content (AvgIpc) is 2.66. The lowest BCUT2D eigenvalue weighted by Crippen LogP contribution is -2.49. The molecule has 0 aliphatic rings. The van der Waals surface area contributed by atoms with E-state index in [1.165, 1.54) is 18.2 Å². The van der Waals surface area contributed by atoms with Gasteiger partial charge in [0, 0.05) is 11.3 Å². The number of aryl methyl sites for hydroxylation is 1. The van der Waals surface area contributed by atoms with E-state index < -0.39 is 37.9 Å².